The first kappa shape index (κ1) is 53.7. The molecule has 3 heterocycles. The van der Waals surface area contributed by atoms with Gasteiger partial charge in [-0.1, -0.05) is 40.3 Å². The van der Waals surface area contributed by atoms with Crippen LogP contribution in [-0.2, 0) is 33.0 Å². The van der Waals surface area contributed by atoms with Crippen molar-refractivity contribution in [3.05, 3.63) is 12.7 Å². The minimum atomic E-state index is -1.59. The third-order valence-corrected chi connectivity index (χ3v) is 12.2. The monoisotopic (exact) mass is 839 g/mol. The van der Waals surface area contributed by atoms with Gasteiger partial charge in [-0.2, -0.15) is 0 Å². The Morgan fingerprint density at radius 1 is 0.965 bits per heavy atom. The van der Waals surface area contributed by atoms with Crippen molar-refractivity contribution < 1.29 is 63.3 Å². The van der Waals surface area contributed by atoms with Crippen LogP contribution in [0.25, 0.3) is 0 Å². The first-order valence-corrected chi connectivity index (χ1v) is 21.4. The second kappa shape index (κ2) is 25.4. The summed E-state index contributed by atoms with van der Waals surface area (Å²) in [4.78, 5) is 28.9. The number of cyclic esters (lactones) is 1. The zero-order valence-electron chi connectivity index (χ0n) is 37.1. The molecule has 9 unspecified atom stereocenters. The lowest BCUT2D eigenvalue weighted by Crippen LogP contribution is -2.58. The van der Waals surface area contributed by atoms with Gasteiger partial charge in [0.1, 0.15) is 39.3 Å². The fourth-order valence-corrected chi connectivity index (χ4v) is 8.36. The lowest BCUT2D eigenvalue weighted by atomic mass is 9.86. The Kier molecular flexibility index (Phi) is 24.0. The molecular weight excluding hydrogens is 759 g/mol. The topological polar surface area (TPSA) is 197 Å². The van der Waals surface area contributed by atoms with Crippen molar-refractivity contribution in [2.24, 2.45) is 17.8 Å². The minimum absolute atomic E-state index is 0.153. The van der Waals surface area contributed by atoms with E-state index in [0.29, 0.717) is 44.7 Å². The van der Waals surface area contributed by atoms with Crippen LogP contribution in [0.4, 0.5) is 4.79 Å². The van der Waals surface area contributed by atoms with E-state index in [0.717, 1.165) is 12.8 Å². The molecule has 3 aliphatic rings. The molecule has 0 aromatic rings. The summed E-state index contributed by atoms with van der Waals surface area (Å²) >= 11 is 0. The normalized spacial score (nSPS) is 40.4. The van der Waals surface area contributed by atoms with E-state index in [-0.39, 0.29) is 48.6 Å². The molecule has 15 nitrogen and oxygen atoms in total. The van der Waals surface area contributed by atoms with Crippen molar-refractivity contribution in [2.75, 3.05) is 41.4 Å². The van der Waals surface area contributed by atoms with Crippen molar-refractivity contribution in [3.63, 3.8) is 0 Å². The summed E-state index contributed by atoms with van der Waals surface area (Å²) in [6, 6.07) is 0.0931. The number of carbonyl (C=O) groups is 2. The largest absolute Gasteiger partial charge is 0.459 e. The zero-order chi connectivity index (χ0) is 43.8. The van der Waals surface area contributed by atoms with Gasteiger partial charge in [0.25, 0.3) is 0 Å². The highest BCUT2D eigenvalue weighted by molar-refractivity contribution is 7.52. The van der Waals surface area contributed by atoms with Gasteiger partial charge < -0.3 is 63.5 Å². The molecule has 3 rings (SSSR count). The van der Waals surface area contributed by atoms with Crippen LogP contribution < -0.4 is 0 Å². The van der Waals surface area contributed by atoms with Crippen LogP contribution >= 0.6 is 8.81 Å². The van der Waals surface area contributed by atoms with Crippen molar-refractivity contribution in [2.45, 2.75) is 180 Å². The van der Waals surface area contributed by atoms with Crippen molar-refractivity contribution in [1.29, 1.82) is 0 Å². The third-order valence-electron chi connectivity index (χ3n) is 11.4. The standard InChI is InChI=1S/C25H46NO7P.C8H17NO2.C8H16O4/c1-9-11-31-24(29)34-33-20-13-16(3)12-18(5)23(28)32-21(10-2)25(7,30)22(27)19(6)26(8)15-17(4)14-20;1-6-4-7(9(2)3)5-8(10)11-6;1-5-7(10)8(2,11-3)4-6(9)12-5/h9,16-22,27,30,34H,1,10-15H2,2-8H3;6-8,10H,4-5H2,1-3H3;5-7,9-10H,4H2,1-3H3/t16-,17+,18?,19?,20+,21+,22?,25+;;5-,6?,7?,8+/m0.0/s1. The number of aliphatic hydroxyl groups excluding tert-OH is 4. The zero-order valence-corrected chi connectivity index (χ0v) is 38.1. The number of rotatable bonds is 8. The van der Waals surface area contributed by atoms with Gasteiger partial charge in [-0.3, -0.25) is 4.79 Å². The van der Waals surface area contributed by atoms with Crippen molar-refractivity contribution in [3.8, 4) is 0 Å². The Morgan fingerprint density at radius 3 is 2.12 bits per heavy atom. The molecule has 3 saturated heterocycles. The summed E-state index contributed by atoms with van der Waals surface area (Å²) in [5, 5.41) is 50.4. The molecule has 16 atom stereocenters. The van der Waals surface area contributed by atoms with Crippen LogP contribution in [0.2, 0.25) is 0 Å². The highest BCUT2D eigenvalue weighted by Gasteiger charge is 2.45. The van der Waals surface area contributed by atoms with Crippen LogP contribution in [-0.4, -0.2) is 161 Å². The van der Waals surface area contributed by atoms with Crippen LogP contribution in [0, 0.1) is 17.8 Å². The molecule has 0 radical (unpaired) electrons. The molecule has 3 fully saturated rings. The summed E-state index contributed by atoms with van der Waals surface area (Å²) in [7, 11) is 7.08. The molecule has 0 bridgehead atoms. The van der Waals surface area contributed by atoms with Crippen LogP contribution in [0.15, 0.2) is 12.7 Å². The lowest BCUT2D eigenvalue weighted by Gasteiger charge is -2.42. The molecule has 5 N–H and O–H groups in total. The molecule has 3 aliphatic heterocycles. The fourth-order valence-electron chi connectivity index (χ4n) is 7.76. The van der Waals surface area contributed by atoms with Gasteiger partial charge in [-0.15, -0.1) is 0 Å². The Morgan fingerprint density at radius 2 is 1.58 bits per heavy atom. The van der Waals surface area contributed by atoms with Gasteiger partial charge >= 0.3 is 11.7 Å². The predicted molar refractivity (Wildman–Crippen MR) is 221 cm³/mol. The van der Waals surface area contributed by atoms with E-state index in [2.05, 4.69) is 25.3 Å². The van der Waals surface area contributed by atoms with Crippen LogP contribution in [0.1, 0.15) is 107 Å². The maximum atomic E-state index is 12.8. The quantitative estimate of drug-likeness (QED) is 0.131. The minimum Gasteiger partial charge on any atom is -0.459 e. The highest BCUT2D eigenvalue weighted by Crippen LogP contribution is 2.33. The number of hydrogen-bond donors (Lipinski definition) is 5. The van der Waals surface area contributed by atoms with Gasteiger partial charge in [-0.25, -0.2) is 4.79 Å². The van der Waals surface area contributed by atoms with Crippen molar-refractivity contribution >= 4 is 20.5 Å². The van der Waals surface area contributed by atoms with Crippen LogP contribution in [0.5, 0.6) is 0 Å². The number of hydrogen-bond acceptors (Lipinski definition) is 15. The molecule has 0 aliphatic carbocycles. The number of methoxy groups -OCH3 is 1. The SMILES string of the molecule is C=CCOC(=O)PO[C@H]1C[C@@H](C)CN(C)C(C)C(O)[C@](C)(O)[C@@H](CC)OC(=O)C(C)C[C@H](C)C1.CC1CC(N(C)C)CC(O)O1.CO[C@]1(C)CC(O)O[C@@H](C)C1O. The maximum absolute atomic E-state index is 12.8. The van der Waals surface area contributed by atoms with E-state index >= 15 is 0 Å². The van der Waals surface area contributed by atoms with E-state index in [1.54, 1.807) is 13.8 Å². The maximum Gasteiger partial charge on any atom is 0.351 e. The number of nitrogens with zero attached hydrogens (tertiary/aromatic N) is 2. The second-order valence-electron chi connectivity index (χ2n) is 17.2. The molecule has 57 heavy (non-hydrogen) atoms. The first-order valence-electron chi connectivity index (χ1n) is 20.5. The Bertz CT molecular complexity index is 1170. The molecule has 0 amide bonds. The third kappa shape index (κ3) is 18.0. The number of ether oxygens (including phenoxy) is 5. The summed E-state index contributed by atoms with van der Waals surface area (Å²) < 4.78 is 32.1. The van der Waals surface area contributed by atoms with E-state index in [1.165, 1.54) is 20.1 Å². The van der Waals surface area contributed by atoms with E-state index in [9.17, 15) is 35.1 Å². The summed E-state index contributed by atoms with van der Waals surface area (Å²) in [6.45, 7) is 21.0. The molecule has 0 spiro atoms. The highest BCUT2D eigenvalue weighted by atomic mass is 31.1. The number of aliphatic hydroxyl groups is 5. The summed E-state index contributed by atoms with van der Waals surface area (Å²) in [6.07, 6.45) is 1.56. The Labute approximate surface area is 344 Å². The average molecular weight is 839 g/mol. The van der Waals surface area contributed by atoms with Gasteiger partial charge in [0, 0.05) is 38.6 Å². The van der Waals surface area contributed by atoms with Gasteiger partial charge in [0.05, 0.1) is 29.8 Å². The molecule has 0 saturated carbocycles. The number of esters is 1. The fraction of sp³-hybridized carbons (Fsp3) is 0.902. The Balaban J connectivity index is 0.000000565. The average Bonchev–Trinajstić information content (AvgIpc) is 3.12. The number of carbonyl (C=O) groups excluding carboxylic acids is 2. The smallest absolute Gasteiger partial charge is 0.351 e. The van der Waals surface area contributed by atoms with E-state index in [1.807, 2.05) is 53.7 Å². The molecule has 336 valence electrons. The summed E-state index contributed by atoms with van der Waals surface area (Å²) in [5.41, 5.74) is -2.70. The second-order valence-corrected chi connectivity index (χ2v) is 18.0. The molecule has 0 aromatic heterocycles. The molecular formula is C41H79N2O13P. The van der Waals surface area contributed by atoms with Crippen LogP contribution in [0.3, 0.4) is 0 Å². The van der Waals surface area contributed by atoms with E-state index in [4.69, 9.17) is 28.2 Å². The Hall–Kier alpha value is -1.33. The van der Waals surface area contributed by atoms with Crippen molar-refractivity contribution in [1.82, 2.24) is 9.80 Å². The number of likely N-dealkylation sites (N-methyl/N-ethyl adjacent to an activating group) is 1. The first-order chi connectivity index (χ1) is 26.4. The molecule has 16 heteroatoms. The van der Waals surface area contributed by atoms with Gasteiger partial charge in [0.15, 0.2) is 12.6 Å². The lowest BCUT2D eigenvalue weighted by molar-refractivity contribution is -0.263. The van der Waals surface area contributed by atoms with E-state index < -0.39 is 62.7 Å². The van der Waals surface area contributed by atoms with Gasteiger partial charge in [-0.05, 0) is 99.7 Å². The summed E-state index contributed by atoms with van der Waals surface area (Å²) in [5.74, 6) is -0.400. The predicted octanol–water partition coefficient (Wildman–Crippen LogP) is 4.45. The molecule has 0 aromatic carbocycles. The van der Waals surface area contributed by atoms with Gasteiger partial charge in [0.2, 0.25) is 0 Å².